The van der Waals surface area contributed by atoms with Crippen LogP contribution in [0, 0.1) is 0 Å². The van der Waals surface area contributed by atoms with E-state index in [1.54, 1.807) is 0 Å². The molecule has 0 aromatic heterocycles. The number of benzene rings is 1. The summed E-state index contributed by atoms with van der Waals surface area (Å²) in [6, 6.07) is 9.49. The van der Waals surface area contributed by atoms with Crippen LogP contribution in [0.3, 0.4) is 0 Å². The first-order valence-electron chi connectivity index (χ1n) is 8.35. The summed E-state index contributed by atoms with van der Waals surface area (Å²) in [5.41, 5.74) is 6.18. The number of rotatable bonds is 1. The predicted molar refractivity (Wildman–Crippen MR) is 89.3 cm³/mol. The van der Waals surface area contributed by atoms with E-state index in [0.29, 0.717) is 13.2 Å². The minimum Gasteiger partial charge on any atom is -0.399 e. The number of para-hydroxylation sites is 1. The van der Waals surface area contributed by atoms with Crippen molar-refractivity contribution in [2.75, 3.05) is 18.9 Å². The van der Waals surface area contributed by atoms with E-state index in [9.17, 15) is 0 Å². The van der Waals surface area contributed by atoms with Crippen LogP contribution < -0.4 is 5.73 Å². The van der Waals surface area contributed by atoms with Crippen LogP contribution in [0.2, 0.25) is 0 Å². The number of fused-ring (bicyclic) bond motifs is 1. The van der Waals surface area contributed by atoms with Crippen LogP contribution in [0.4, 0.5) is 5.69 Å². The van der Waals surface area contributed by atoms with Crippen LogP contribution in [-0.2, 0) is 23.7 Å². The maximum atomic E-state index is 5.88. The monoisotopic (exact) mass is 337 g/mol. The summed E-state index contributed by atoms with van der Waals surface area (Å²) in [5.74, 6) is -1.05. The Morgan fingerprint density at radius 3 is 2.00 bits per heavy atom. The Kier molecular flexibility index (Phi) is 4.86. The van der Waals surface area contributed by atoms with Gasteiger partial charge in [0.2, 0.25) is 0 Å². The van der Waals surface area contributed by atoms with Crippen molar-refractivity contribution >= 4 is 5.69 Å². The van der Waals surface area contributed by atoms with Crippen LogP contribution in [0.25, 0.3) is 0 Å². The SMILES string of the molecule is CC1(C)OCC(C2OCC3OC(C)(C)OC32)O1.Nc1ccccc1. The molecule has 3 aliphatic heterocycles. The molecule has 3 fully saturated rings. The number of ether oxygens (including phenoxy) is 5. The number of hydrogen-bond acceptors (Lipinski definition) is 6. The normalized spacial score (nSPS) is 36.0. The second-order valence-corrected chi connectivity index (χ2v) is 7.21. The average molecular weight is 337 g/mol. The molecule has 6 nitrogen and oxygen atoms in total. The third-order valence-electron chi connectivity index (χ3n) is 4.19. The van der Waals surface area contributed by atoms with Crippen LogP contribution in [-0.4, -0.2) is 49.2 Å². The van der Waals surface area contributed by atoms with Gasteiger partial charge in [0.25, 0.3) is 0 Å². The molecule has 3 saturated heterocycles. The summed E-state index contributed by atoms with van der Waals surface area (Å²) >= 11 is 0. The Hall–Kier alpha value is -1.18. The van der Waals surface area contributed by atoms with Gasteiger partial charge in [-0.3, -0.25) is 0 Å². The van der Waals surface area contributed by atoms with Gasteiger partial charge >= 0.3 is 0 Å². The number of nitrogens with two attached hydrogens (primary N) is 1. The molecule has 3 aliphatic rings. The number of anilines is 1. The number of hydrogen-bond donors (Lipinski definition) is 1. The molecule has 24 heavy (non-hydrogen) atoms. The van der Waals surface area contributed by atoms with Crippen molar-refractivity contribution in [1.29, 1.82) is 0 Å². The highest BCUT2D eigenvalue weighted by molar-refractivity contribution is 5.35. The van der Waals surface area contributed by atoms with Gasteiger partial charge in [0.15, 0.2) is 11.6 Å². The zero-order valence-electron chi connectivity index (χ0n) is 14.7. The molecule has 3 heterocycles. The van der Waals surface area contributed by atoms with Crippen LogP contribution in [0.15, 0.2) is 30.3 Å². The molecular weight excluding hydrogens is 310 g/mol. The lowest BCUT2D eigenvalue weighted by molar-refractivity contribution is -0.195. The molecule has 0 saturated carbocycles. The van der Waals surface area contributed by atoms with Gasteiger partial charge in [0.1, 0.15) is 24.4 Å². The molecule has 4 rings (SSSR count). The Morgan fingerprint density at radius 1 is 0.833 bits per heavy atom. The van der Waals surface area contributed by atoms with Crippen LogP contribution in [0.5, 0.6) is 0 Å². The van der Waals surface area contributed by atoms with Crippen molar-refractivity contribution in [3.8, 4) is 0 Å². The average Bonchev–Trinajstić information content (AvgIpc) is 3.11. The first-order chi connectivity index (χ1) is 11.3. The topological polar surface area (TPSA) is 72.2 Å². The summed E-state index contributed by atoms with van der Waals surface area (Å²) in [6.07, 6.45) is -0.198. The molecule has 4 atom stereocenters. The third kappa shape index (κ3) is 4.07. The van der Waals surface area contributed by atoms with Crippen LogP contribution >= 0.6 is 0 Å². The largest absolute Gasteiger partial charge is 0.399 e. The molecule has 1 aromatic carbocycles. The lowest BCUT2D eigenvalue weighted by Crippen LogP contribution is -2.40. The Morgan fingerprint density at radius 2 is 1.46 bits per heavy atom. The molecule has 134 valence electrons. The molecular formula is C18H27NO5. The van der Waals surface area contributed by atoms with E-state index in [1.165, 1.54) is 0 Å². The predicted octanol–water partition coefficient (Wildman–Crippen LogP) is 2.33. The highest BCUT2D eigenvalue weighted by atomic mass is 16.8. The van der Waals surface area contributed by atoms with Crippen molar-refractivity contribution in [2.24, 2.45) is 0 Å². The molecule has 1 aromatic rings. The minimum absolute atomic E-state index is 0.0160. The summed E-state index contributed by atoms with van der Waals surface area (Å²) < 4.78 is 28.8. The van der Waals surface area contributed by atoms with Gasteiger partial charge in [-0.25, -0.2) is 0 Å². The van der Waals surface area contributed by atoms with Gasteiger partial charge in [-0.2, -0.15) is 0 Å². The Labute approximate surface area is 143 Å². The molecule has 0 aliphatic carbocycles. The van der Waals surface area contributed by atoms with Crippen molar-refractivity contribution < 1.29 is 23.7 Å². The summed E-state index contributed by atoms with van der Waals surface area (Å²) in [4.78, 5) is 0. The van der Waals surface area contributed by atoms with E-state index in [-0.39, 0.29) is 24.4 Å². The van der Waals surface area contributed by atoms with Crippen LogP contribution in [0.1, 0.15) is 27.7 Å². The summed E-state index contributed by atoms with van der Waals surface area (Å²) in [5, 5.41) is 0. The molecule has 6 heteroatoms. The summed E-state index contributed by atoms with van der Waals surface area (Å²) in [7, 11) is 0. The van der Waals surface area contributed by atoms with Gasteiger partial charge in [-0.15, -0.1) is 0 Å². The van der Waals surface area contributed by atoms with Crippen molar-refractivity contribution in [2.45, 2.75) is 63.7 Å². The summed E-state index contributed by atoms with van der Waals surface area (Å²) in [6.45, 7) is 8.80. The van der Waals surface area contributed by atoms with Crippen molar-refractivity contribution in [3.63, 3.8) is 0 Å². The lowest BCUT2D eigenvalue weighted by Gasteiger charge is -2.25. The first-order valence-corrected chi connectivity index (χ1v) is 8.35. The zero-order valence-corrected chi connectivity index (χ0v) is 14.7. The third-order valence-corrected chi connectivity index (χ3v) is 4.19. The van der Waals surface area contributed by atoms with Crippen molar-refractivity contribution in [1.82, 2.24) is 0 Å². The van der Waals surface area contributed by atoms with Gasteiger partial charge in [0, 0.05) is 5.69 Å². The fourth-order valence-corrected chi connectivity index (χ4v) is 3.22. The molecule has 0 spiro atoms. The maximum absolute atomic E-state index is 5.88. The fourth-order valence-electron chi connectivity index (χ4n) is 3.22. The Bertz CT molecular complexity index is 548. The molecule has 2 N–H and O–H groups in total. The highest BCUT2D eigenvalue weighted by Crippen LogP contribution is 2.39. The van der Waals surface area contributed by atoms with E-state index in [2.05, 4.69) is 0 Å². The minimum atomic E-state index is -0.527. The van der Waals surface area contributed by atoms with E-state index in [1.807, 2.05) is 58.0 Å². The standard InChI is InChI=1S/C12H20O5.C6H7N/c1-11(2)14-6-8(15-11)9-10-7(5-13-9)16-12(3,4)17-10;7-6-4-2-1-3-5-6/h7-10H,5-6H2,1-4H3;1-5H,7H2. The van der Waals surface area contributed by atoms with Crippen molar-refractivity contribution in [3.05, 3.63) is 30.3 Å². The number of nitrogen functional groups attached to an aromatic ring is 1. The molecule has 0 radical (unpaired) electrons. The zero-order chi connectivity index (χ0) is 17.4. The lowest BCUT2D eigenvalue weighted by atomic mass is 10.1. The quantitative estimate of drug-likeness (QED) is 0.793. The Balaban J connectivity index is 0.000000203. The molecule has 0 amide bonds. The fraction of sp³-hybridized carbons (Fsp3) is 0.667. The highest BCUT2D eigenvalue weighted by Gasteiger charge is 2.54. The van der Waals surface area contributed by atoms with E-state index in [4.69, 9.17) is 29.4 Å². The second-order valence-electron chi connectivity index (χ2n) is 7.21. The second kappa shape index (κ2) is 6.61. The molecule has 0 bridgehead atoms. The van der Waals surface area contributed by atoms with Gasteiger partial charge < -0.3 is 29.4 Å². The first kappa shape index (κ1) is 17.6. The molecule has 4 unspecified atom stereocenters. The van der Waals surface area contributed by atoms with Gasteiger partial charge in [-0.1, -0.05) is 18.2 Å². The van der Waals surface area contributed by atoms with Gasteiger partial charge in [-0.05, 0) is 39.8 Å². The van der Waals surface area contributed by atoms with E-state index in [0.717, 1.165) is 5.69 Å². The van der Waals surface area contributed by atoms with Gasteiger partial charge in [0.05, 0.1) is 13.2 Å². The maximum Gasteiger partial charge on any atom is 0.164 e. The smallest absolute Gasteiger partial charge is 0.164 e. The van der Waals surface area contributed by atoms with E-state index < -0.39 is 11.6 Å². The van der Waals surface area contributed by atoms with E-state index >= 15 is 0 Å².